The van der Waals surface area contributed by atoms with Crippen LogP contribution in [0.5, 0.6) is 0 Å². The normalized spacial score (nSPS) is 11.8. The average molecular weight is 445 g/mol. The van der Waals surface area contributed by atoms with Gasteiger partial charge in [0.25, 0.3) is 5.91 Å². The van der Waals surface area contributed by atoms with Crippen molar-refractivity contribution in [2.45, 2.75) is 12.5 Å². The number of hydrogen-bond acceptors (Lipinski definition) is 5. The second-order valence-corrected chi connectivity index (χ2v) is 8.54. The van der Waals surface area contributed by atoms with Crippen molar-refractivity contribution < 1.29 is 9.59 Å². The summed E-state index contributed by atoms with van der Waals surface area (Å²) in [7, 11) is 1.77. The van der Waals surface area contributed by atoms with Crippen molar-refractivity contribution in [3.63, 3.8) is 0 Å². The fourth-order valence-electron chi connectivity index (χ4n) is 3.49. The molecule has 0 spiro atoms. The molecule has 0 fully saturated rings. The van der Waals surface area contributed by atoms with E-state index < -0.39 is 0 Å². The molecule has 4 aromatic rings. The zero-order valence-corrected chi connectivity index (χ0v) is 18.5. The molecule has 2 amide bonds. The summed E-state index contributed by atoms with van der Waals surface area (Å²) in [6, 6.07) is 18.4. The Morgan fingerprint density at radius 3 is 2.53 bits per heavy atom. The number of carbonyl (C=O) groups excluding carboxylic acids is 2. The first-order valence-corrected chi connectivity index (χ1v) is 11.1. The van der Waals surface area contributed by atoms with Crippen molar-refractivity contribution in [2.75, 3.05) is 18.9 Å². The smallest absolute Gasteiger partial charge is 0.255 e. The number of nitrogens with zero attached hydrogens (tertiary/aromatic N) is 2. The lowest BCUT2D eigenvalue weighted by molar-refractivity contribution is -0.129. The van der Waals surface area contributed by atoms with Crippen LogP contribution in [0.4, 0.5) is 5.69 Å². The Hall–Kier alpha value is -3.55. The summed E-state index contributed by atoms with van der Waals surface area (Å²) in [6.07, 6.45) is 3.59. The number of benzene rings is 2. The lowest BCUT2D eigenvalue weighted by Gasteiger charge is -2.22. The minimum atomic E-state index is -0.347. The van der Waals surface area contributed by atoms with Crippen LogP contribution in [0.15, 0.2) is 78.4 Å². The molecule has 7 heteroatoms. The van der Waals surface area contributed by atoms with Crippen molar-refractivity contribution in [2.24, 2.45) is 5.73 Å². The monoisotopic (exact) mass is 444 g/mol. The minimum absolute atomic E-state index is 0.0253. The summed E-state index contributed by atoms with van der Waals surface area (Å²) in [5.74, 6) is -0.177. The van der Waals surface area contributed by atoms with Gasteiger partial charge in [0.2, 0.25) is 5.91 Å². The van der Waals surface area contributed by atoms with Gasteiger partial charge in [-0.3, -0.25) is 14.6 Å². The molecule has 2 heterocycles. The fourth-order valence-corrected chi connectivity index (χ4v) is 4.45. The molecule has 2 aromatic heterocycles. The maximum atomic E-state index is 12.8. The predicted molar refractivity (Wildman–Crippen MR) is 129 cm³/mol. The van der Waals surface area contributed by atoms with Crippen LogP contribution in [0.25, 0.3) is 10.1 Å². The summed E-state index contributed by atoms with van der Waals surface area (Å²) in [4.78, 5) is 30.7. The molecule has 4 rings (SSSR count). The summed E-state index contributed by atoms with van der Waals surface area (Å²) in [5, 5.41) is 6.00. The van der Waals surface area contributed by atoms with E-state index in [0.717, 1.165) is 16.5 Å². The van der Waals surface area contributed by atoms with E-state index in [1.807, 2.05) is 35.7 Å². The standard InChI is InChI=1S/C25H24N4O2S/c1-29(24(30)14-19-16-32-23-5-3-2-4-21(19)23)15-22(26)17-6-8-18(9-7-17)25(31)28-20-10-12-27-13-11-20/h2-13,16,22H,14-15,26H2,1H3,(H,27,28,31). The molecule has 0 aliphatic rings. The van der Waals surface area contributed by atoms with Crippen LogP contribution in [0.1, 0.15) is 27.5 Å². The second-order valence-electron chi connectivity index (χ2n) is 7.63. The minimum Gasteiger partial charge on any atom is -0.344 e. The topological polar surface area (TPSA) is 88.3 Å². The van der Waals surface area contributed by atoms with Crippen LogP contribution in [0.3, 0.4) is 0 Å². The third kappa shape index (κ3) is 5.01. The highest BCUT2D eigenvalue weighted by Gasteiger charge is 2.17. The second kappa shape index (κ2) is 9.72. The van der Waals surface area contributed by atoms with Gasteiger partial charge in [-0.05, 0) is 52.2 Å². The summed E-state index contributed by atoms with van der Waals surface area (Å²) in [6.45, 7) is 0.392. The Labute approximate surface area is 190 Å². The van der Waals surface area contributed by atoms with Gasteiger partial charge in [0.1, 0.15) is 0 Å². The molecule has 0 radical (unpaired) electrons. The molecular formula is C25H24N4O2S. The third-order valence-electron chi connectivity index (χ3n) is 5.34. The van der Waals surface area contributed by atoms with E-state index >= 15 is 0 Å². The highest BCUT2D eigenvalue weighted by atomic mass is 32.1. The van der Waals surface area contributed by atoms with Crippen molar-refractivity contribution in [3.05, 3.63) is 95.1 Å². The van der Waals surface area contributed by atoms with Crippen molar-refractivity contribution in [1.82, 2.24) is 9.88 Å². The van der Waals surface area contributed by atoms with Crippen molar-refractivity contribution >= 4 is 38.9 Å². The third-order valence-corrected chi connectivity index (χ3v) is 6.35. The van der Waals surface area contributed by atoms with Crippen LogP contribution in [-0.2, 0) is 11.2 Å². The van der Waals surface area contributed by atoms with Crippen LogP contribution in [-0.4, -0.2) is 35.3 Å². The number of fused-ring (bicyclic) bond motifs is 1. The molecule has 6 nitrogen and oxygen atoms in total. The van der Waals surface area contributed by atoms with Crippen LogP contribution in [0, 0.1) is 0 Å². The quantitative estimate of drug-likeness (QED) is 0.446. The van der Waals surface area contributed by atoms with Gasteiger partial charge in [0.05, 0.1) is 6.42 Å². The Balaban J connectivity index is 1.35. The number of hydrogen-bond donors (Lipinski definition) is 2. The SMILES string of the molecule is CN(CC(N)c1ccc(C(=O)Nc2ccncc2)cc1)C(=O)Cc1csc2ccccc12. The molecule has 162 valence electrons. The molecule has 1 unspecified atom stereocenters. The van der Waals surface area contributed by atoms with E-state index in [1.165, 1.54) is 4.70 Å². The van der Waals surface area contributed by atoms with Crippen molar-refractivity contribution in [1.29, 1.82) is 0 Å². The van der Waals surface area contributed by atoms with Crippen LogP contribution in [0.2, 0.25) is 0 Å². The number of amides is 2. The zero-order chi connectivity index (χ0) is 22.5. The molecule has 2 aromatic carbocycles. The molecule has 0 aliphatic carbocycles. The van der Waals surface area contributed by atoms with Gasteiger partial charge in [-0.2, -0.15) is 0 Å². The Kier molecular flexibility index (Phi) is 6.58. The van der Waals surface area contributed by atoms with E-state index in [4.69, 9.17) is 5.73 Å². The number of aromatic nitrogens is 1. The molecule has 1 atom stereocenters. The van der Waals surface area contributed by atoms with Gasteiger partial charge in [0, 0.05) is 48.0 Å². The van der Waals surface area contributed by atoms with E-state index in [9.17, 15) is 9.59 Å². The van der Waals surface area contributed by atoms with E-state index in [2.05, 4.69) is 16.4 Å². The maximum Gasteiger partial charge on any atom is 0.255 e. The molecular weight excluding hydrogens is 420 g/mol. The predicted octanol–water partition coefficient (Wildman–Crippen LogP) is 4.25. The van der Waals surface area contributed by atoms with E-state index in [1.54, 1.807) is 59.9 Å². The molecule has 3 N–H and O–H groups in total. The van der Waals surface area contributed by atoms with Gasteiger partial charge < -0.3 is 16.0 Å². The first kappa shape index (κ1) is 21.7. The van der Waals surface area contributed by atoms with Crippen LogP contribution < -0.4 is 11.1 Å². The highest BCUT2D eigenvalue weighted by molar-refractivity contribution is 7.17. The zero-order valence-electron chi connectivity index (χ0n) is 17.7. The van der Waals surface area contributed by atoms with E-state index in [-0.39, 0.29) is 17.9 Å². The summed E-state index contributed by atoms with van der Waals surface area (Å²) < 4.78 is 1.18. The molecule has 32 heavy (non-hydrogen) atoms. The Morgan fingerprint density at radius 1 is 1.06 bits per heavy atom. The molecule has 0 bridgehead atoms. The average Bonchev–Trinajstić information content (AvgIpc) is 3.22. The number of likely N-dealkylation sites (N-methyl/N-ethyl adjacent to an activating group) is 1. The van der Waals surface area contributed by atoms with Gasteiger partial charge in [0.15, 0.2) is 0 Å². The summed E-state index contributed by atoms with van der Waals surface area (Å²) in [5.41, 5.74) is 9.48. The number of anilines is 1. The van der Waals surface area contributed by atoms with Gasteiger partial charge >= 0.3 is 0 Å². The Bertz CT molecular complexity index is 1220. The maximum absolute atomic E-state index is 12.8. The number of carbonyl (C=O) groups is 2. The number of rotatable bonds is 7. The first-order chi connectivity index (χ1) is 15.5. The van der Waals surface area contributed by atoms with E-state index in [0.29, 0.717) is 24.2 Å². The first-order valence-electron chi connectivity index (χ1n) is 10.3. The number of nitrogens with two attached hydrogens (primary N) is 1. The van der Waals surface area contributed by atoms with Gasteiger partial charge in [-0.15, -0.1) is 11.3 Å². The van der Waals surface area contributed by atoms with Gasteiger partial charge in [-0.25, -0.2) is 0 Å². The number of thiophene rings is 1. The summed E-state index contributed by atoms with van der Waals surface area (Å²) >= 11 is 1.65. The lowest BCUT2D eigenvalue weighted by atomic mass is 10.0. The van der Waals surface area contributed by atoms with Crippen LogP contribution >= 0.6 is 11.3 Å². The number of pyridine rings is 1. The highest BCUT2D eigenvalue weighted by Crippen LogP contribution is 2.26. The number of nitrogens with one attached hydrogen (secondary N) is 1. The molecule has 0 aliphatic heterocycles. The van der Waals surface area contributed by atoms with Gasteiger partial charge in [-0.1, -0.05) is 30.3 Å². The largest absolute Gasteiger partial charge is 0.344 e. The molecule has 0 saturated heterocycles. The fraction of sp³-hybridized carbons (Fsp3) is 0.160. The van der Waals surface area contributed by atoms with Crippen molar-refractivity contribution in [3.8, 4) is 0 Å². The Morgan fingerprint density at radius 2 is 1.78 bits per heavy atom. The lowest BCUT2D eigenvalue weighted by Crippen LogP contribution is -2.35. The molecule has 0 saturated carbocycles.